The van der Waals surface area contributed by atoms with Crippen LogP contribution in [0.1, 0.15) is 12.8 Å². The fourth-order valence-corrected chi connectivity index (χ4v) is 1.28. The second kappa shape index (κ2) is 5.89. The van der Waals surface area contributed by atoms with Gasteiger partial charge in [-0.2, -0.15) is 0 Å². The monoisotopic (exact) mass is 235 g/mol. The summed E-state index contributed by atoms with van der Waals surface area (Å²) in [6.07, 6.45) is -0.334. The van der Waals surface area contributed by atoms with Crippen LogP contribution in [0, 0.1) is 0 Å². The Labute approximate surface area is 100 Å². The van der Waals surface area contributed by atoms with Gasteiger partial charge in [0.2, 0.25) is 5.91 Å². The van der Waals surface area contributed by atoms with Gasteiger partial charge in [-0.3, -0.25) is 4.79 Å². The van der Waals surface area contributed by atoms with Gasteiger partial charge in [-0.15, -0.1) is 0 Å². The molecule has 1 N–H and O–H groups in total. The number of rotatable bonds is 5. The molecule has 0 radical (unpaired) electrons. The number of nitrogens with one attached hydrogen (secondary N) is 1. The molecule has 0 aromatic heterocycles. The third-order valence-corrected chi connectivity index (χ3v) is 2.22. The molecule has 0 fully saturated rings. The van der Waals surface area contributed by atoms with Crippen molar-refractivity contribution in [3.63, 3.8) is 0 Å². The minimum Gasteiger partial charge on any atom is -0.550 e. The lowest BCUT2D eigenvalue weighted by Crippen LogP contribution is -2.24. The van der Waals surface area contributed by atoms with E-state index < -0.39 is 5.97 Å². The zero-order chi connectivity index (χ0) is 12.8. The van der Waals surface area contributed by atoms with Crippen LogP contribution in [-0.4, -0.2) is 26.0 Å². The second-order valence-corrected chi connectivity index (χ2v) is 3.86. The van der Waals surface area contributed by atoms with Crippen molar-refractivity contribution in [2.24, 2.45) is 0 Å². The highest BCUT2D eigenvalue weighted by Crippen LogP contribution is 2.15. The largest absolute Gasteiger partial charge is 0.550 e. The Balaban J connectivity index is 2.51. The van der Waals surface area contributed by atoms with E-state index in [0.717, 1.165) is 5.69 Å². The van der Waals surface area contributed by atoms with E-state index in [1.807, 2.05) is 31.1 Å². The van der Waals surface area contributed by atoms with Crippen molar-refractivity contribution in [3.05, 3.63) is 24.3 Å². The van der Waals surface area contributed by atoms with Crippen molar-refractivity contribution in [2.75, 3.05) is 24.3 Å². The highest BCUT2D eigenvalue weighted by molar-refractivity contribution is 5.92. The van der Waals surface area contributed by atoms with E-state index in [0.29, 0.717) is 5.69 Å². The van der Waals surface area contributed by atoms with Gasteiger partial charge in [0.05, 0.1) is 0 Å². The van der Waals surface area contributed by atoms with E-state index in [-0.39, 0.29) is 18.7 Å². The highest BCUT2D eigenvalue weighted by atomic mass is 16.4. The van der Waals surface area contributed by atoms with Gasteiger partial charge in [-0.25, -0.2) is 0 Å². The molecule has 0 heterocycles. The van der Waals surface area contributed by atoms with Crippen LogP contribution in [0.15, 0.2) is 24.3 Å². The molecule has 0 aliphatic rings. The fraction of sp³-hybridized carbons (Fsp3) is 0.333. The Kier molecular flexibility index (Phi) is 4.51. The van der Waals surface area contributed by atoms with Gasteiger partial charge < -0.3 is 20.1 Å². The van der Waals surface area contributed by atoms with Crippen LogP contribution in [0.25, 0.3) is 0 Å². The molecule has 0 atom stereocenters. The summed E-state index contributed by atoms with van der Waals surface area (Å²) in [5, 5.41) is 12.8. The standard InChI is InChI=1S/C12H16N2O3/c1-14(2)10-5-3-9(4-6-10)13-11(15)7-8-12(16)17/h3-6H,7-8H2,1-2H3,(H,13,15)(H,16,17)/p-1. The molecule has 1 rings (SSSR count). The molecule has 0 spiro atoms. The summed E-state index contributed by atoms with van der Waals surface area (Å²) >= 11 is 0. The van der Waals surface area contributed by atoms with Crippen molar-refractivity contribution in [3.8, 4) is 0 Å². The van der Waals surface area contributed by atoms with Gasteiger partial charge in [-0.05, 0) is 30.7 Å². The van der Waals surface area contributed by atoms with Gasteiger partial charge >= 0.3 is 0 Å². The molecule has 5 nitrogen and oxygen atoms in total. The number of nitrogens with zero attached hydrogens (tertiary/aromatic N) is 1. The zero-order valence-electron chi connectivity index (χ0n) is 9.90. The number of carboxylic acids is 1. The molecule has 0 aliphatic carbocycles. The molecule has 0 aliphatic heterocycles. The van der Waals surface area contributed by atoms with Crippen LogP contribution in [0.3, 0.4) is 0 Å². The first-order valence-corrected chi connectivity index (χ1v) is 5.26. The van der Waals surface area contributed by atoms with Crippen LogP contribution in [0.4, 0.5) is 11.4 Å². The highest BCUT2D eigenvalue weighted by Gasteiger charge is 2.02. The van der Waals surface area contributed by atoms with Crippen LogP contribution in [0.2, 0.25) is 0 Å². The summed E-state index contributed by atoms with van der Waals surface area (Å²) in [6, 6.07) is 7.28. The molecule has 5 heteroatoms. The van der Waals surface area contributed by atoms with Gasteiger partial charge in [0, 0.05) is 37.9 Å². The number of carbonyl (C=O) groups excluding carboxylic acids is 2. The van der Waals surface area contributed by atoms with E-state index in [1.165, 1.54) is 0 Å². The van der Waals surface area contributed by atoms with Crippen LogP contribution < -0.4 is 15.3 Å². The first kappa shape index (κ1) is 13.0. The van der Waals surface area contributed by atoms with Gasteiger partial charge in [-0.1, -0.05) is 0 Å². The number of benzene rings is 1. The van der Waals surface area contributed by atoms with Crippen molar-refractivity contribution < 1.29 is 14.7 Å². The number of hydrogen-bond donors (Lipinski definition) is 1. The Morgan fingerprint density at radius 3 is 2.24 bits per heavy atom. The topological polar surface area (TPSA) is 72.5 Å². The summed E-state index contributed by atoms with van der Waals surface area (Å²) < 4.78 is 0. The first-order valence-electron chi connectivity index (χ1n) is 5.26. The van der Waals surface area contributed by atoms with Gasteiger partial charge in [0.15, 0.2) is 0 Å². The molecule has 1 aromatic carbocycles. The van der Waals surface area contributed by atoms with Crippen molar-refractivity contribution >= 4 is 23.3 Å². The van der Waals surface area contributed by atoms with Crippen molar-refractivity contribution in [2.45, 2.75) is 12.8 Å². The Morgan fingerprint density at radius 1 is 1.18 bits per heavy atom. The lowest BCUT2D eigenvalue weighted by atomic mass is 10.2. The Hall–Kier alpha value is -2.04. The zero-order valence-corrected chi connectivity index (χ0v) is 9.90. The normalized spacial score (nSPS) is 9.76. The molecule has 1 aromatic rings. The van der Waals surface area contributed by atoms with E-state index >= 15 is 0 Å². The Morgan fingerprint density at radius 2 is 1.76 bits per heavy atom. The van der Waals surface area contributed by atoms with Crippen LogP contribution in [0.5, 0.6) is 0 Å². The maximum absolute atomic E-state index is 11.3. The van der Waals surface area contributed by atoms with Gasteiger partial charge in [0.1, 0.15) is 0 Å². The maximum Gasteiger partial charge on any atom is 0.224 e. The summed E-state index contributed by atoms with van der Waals surface area (Å²) in [5.41, 5.74) is 1.68. The van der Waals surface area contributed by atoms with E-state index in [4.69, 9.17) is 0 Å². The molecule has 0 saturated heterocycles. The maximum atomic E-state index is 11.3. The average Bonchev–Trinajstić information content (AvgIpc) is 2.27. The van der Waals surface area contributed by atoms with E-state index in [2.05, 4.69) is 5.32 Å². The molecular weight excluding hydrogens is 220 g/mol. The number of hydrogen-bond acceptors (Lipinski definition) is 4. The third kappa shape index (κ3) is 4.55. The molecule has 0 unspecified atom stereocenters. The first-order chi connectivity index (χ1) is 7.99. The Bertz CT molecular complexity index is 399. The van der Waals surface area contributed by atoms with Crippen molar-refractivity contribution in [1.82, 2.24) is 0 Å². The van der Waals surface area contributed by atoms with Crippen molar-refractivity contribution in [1.29, 1.82) is 0 Å². The van der Waals surface area contributed by atoms with E-state index in [1.54, 1.807) is 12.1 Å². The van der Waals surface area contributed by atoms with Crippen LogP contribution in [-0.2, 0) is 9.59 Å². The predicted molar refractivity (Wildman–Crippen MR) is 63.6 cm³/mol. The fourth-order valence-electron chi connectivity index (χ4n) is 1.28. The summed E-state index contributed by atoms with van der Waals surface area (Å²) in [5.74, 6) is -1.55. The third-order valence-electron chi connectivity index (χ3n) is 2.22. The molecular formula is C12H15N2O3-. The number of carboxylic acid groups (broad SMARTS) is 1. The minimum absolute atomic E-state index is 0.0717. The minimum atomic E-state index is -1.22. The lowest BCUT2D eigenvalue weighted by Gasteiger charge is -2.13. The SMILES string of the molecule is CN(C)c1ccc(NC(=O)CCC(=O)[O-])cc1. The molecule has 17 heavy (non-hydrogen) atoms. The predicted octanol–water partition coefficient (Wildman–Crippen LogP) is 0.221. The van der Waals surface area contributed by atoms with Crippen LogP contribution >= 0.6 is 0 Å². The average molecular weight is 235 g/mol. The molecule has 92 valence electrons. The number of carbonyl (C=O) groups is 2. The second-order valence-electron chi connectivity index (χ2n) is 3.86. The summed E-state index contributed by atoms with van der Waals surface area (Å²) in [4.78, 5) is 23.4. The van der Waals surface area contributed by atoms with E-state index in [9.17, 15) is 14.7 Å². The molecule has 0 bridgehead atoms. The van der Waals surface area contributed by atoms with Gasteiger partial charge in [0.25, 0.3) is 0 Å². The quantitative estimate of drug-likeness (QED) is 0.792. The summed E-state index contributed by atoms with van der Waals surface area (Å²) in [6.45, 7) is 0. The number of aliphatic carboxylic acids is 1. The summed E-state index contributed by atoms with van der Waals surface area (Å²) in [7, 11) is 3.85. The lowest BCUT2D eigenvalue weighted by molar-refractivity contribution is -0.305. The smallest absolute Gasteiger partial charge is 0.224 e. The number of anilines is 2. The molecule has 1 amide bonds. The molecule has 0 saturated carbocycles. The number of amides is 1.